The van der Waals surface area contributed by atoms with Crippen LogP contribution in [0.5, 0.6) is 5.75 Å². The summed E-state index contributed by atoms with van der Waals surface area (Å²) in [6.07, 6.45) is 7.63. The van der Waals surface area contributed by atoms with Gasteiger partial charge in [0.05, 0.1) is 19.9 Å². The third-order valence-electron chi connectivity index (χ3n) is 7.65. The predicted octanol–water partition coefficient (Wildman–Crippen LogP) is 3.68. The average Bonchev–Trinajstić information content (AvgIpc) is 3.01. The Labute approximate surface area is 225 Å². The molecule has 0 bridgehead atoms. The lowest BCUT2D eigenvalue weighted by molar-refractivity contribution is -0.263. The van der Waals surface area contributed by atoms with Gasteiger partial charge in [-0.3, -0.25) is 4.79 Å². The van der Waals surface area contributed by atoms with Gasteiger partial charge in [-0.05, 0) is 65.0 Å². The number of nitrogens with one attached hydrogen (secondary N) is 2. The molecule has 11 heteroatoms. The molecule has 1 saturated carbocycles. The minimum Gasteiger partial charge on any atom is -0.495 e. The smallest absolute Gasteiger partial charge is 0.415 e. The van der Waals surface area contributed by atoms with Gasteiger partial charge in [-0.25, -0.2) is 20.1 Å². The molecule has 2 N–H and O–H groups in total. The zero-order valence-corrected chi connectivity index (χ0v) is 22.6. The third-order valence-corrected chi connectivity index (χ3v) is 7.65. The Morgan fingerprint density at radius 1 is 1.08 bits per heavy atom. The summed E-state index contributed by atoms with van der Waals surface area (Å²) in [7, 11) is 1.53. The van der Waals surface area contributed by atoms with E-state index in [4.69, 9.17) is 28.7 Å². The van der Waals surface area contributed by atoms with Crippen LogP contribution in [-0.2, 0) is 29.3 Å². The van der Waals surface area contributed by atoms with Gasteiger partial charge in [-0.15, -0.1) is 0 Å². The first-order chi connectivity index (χ1) is 18.4. The van der Waals surface area contributed by atoms with Gasteiger partial charge in [0, 0.05) is 11.3 Å². The van der Waals surface area contributed by atoms with Crippen molar-refractivity contribution in [3.8, 4) is 5.75 Å². The van der Waals surface area contributed by atoms with E-state index in [-0.39, 0.29) is 11.7 Å². The quantitative estimate of drug-likeness (QED) is 0.605. The molecule has 0 aromatic heterocycles. The van der Waals surface area contributed by atoms with Gasteiger partial charge in [0.15, 0.2) is 5.54 Å². The Balaban J connectivity index is 1.32. The maximum atomic E-state index is 13.1. The number of nitrogens with zero attached hydrogens (tertiary/aromatic N) is 2. The van der Waals surface area contributed by atoms with E-state index in [1.54, 1.807) is 63.3 Å². The lowest BCUT2D eigenvalue weighted by Gasteiger charge is -2.46. The Kier molecular flexibility index (Phi) is 5.13. The first-order valence-electron chi connectivity index (χ1n) is 12.6. The number of hydrogen-bond acceptors (Lipinski definition) is 9. The second-order valence-electron chi connectivity index (χ2n) is 11.4. The second-order valence-corrected chi connectivity index (χ2v) is 11.4. The van der Waals surface area contributed by atoms with Crippen molar-refractivity contribution in [1.82, 2.24) is 5.32 Å². The number of anilines is 1. The number of carbonyl (C=O) groups excluding carboxylic acids is 2. The number of carbonyl (C=O) groups is 2. The topological polar surface area (TPSA) is 129 Å². The van der Waals surface area contributed by atoms with E-state index in [2.05, 4.69) is 15.6 Å². The van der Waals surface area contributed by atoms with Crippen LogP contribution in [0.3, 0.4) is 0 Å². The van der Waals surface area contributed by atoms with Crippen LogP contribution >= 0.6 is 0 Å². The van der Waals surface area contributed by atoms with Gasteiger partial charge >= 0.3 is 6.09 Å². The Bertz CT molecular complexity index is 1450. The summed E-state index contributed by atoms with van der Waals surface area (Å²) < 4.78 is 29.2. The molecule has 39 heavy (non-hydrogen) atoms. The van der Waals surface area contributed by atoms with Crippen molar-refractivity contribution < 1.29 is 33.3 Å². The van der Waals surface area contributed by atoms with Crippen molar-refractivity contribution in [2.45, 2.75) is 57.1 Å². The minimum atomic E-state index is -1.14. The van der Waals surface area contributed by atoms with Gasteiger partial charge in [-0.2, -0.15) is 0 Å². The van der Waals surface area contributed by atoms with E-state index in [0.717, 1.165) is 0 Å². The molecule has 5 aliphatic rings. The molecule has 3 atom stereocenters. The van der Waals surface area contributed by atoms with Crippen molar-refractivity contribution in [3.05, 3.63) is 59.5 Å². The maximum Gasteiger partial charge on any atom is 0.415 e. The first kappa shape index (κ1) is 25.2. The molecule has 4 heterocycles. The number of alkyl carbamates (subject to hydrolysis) is 1. The van der Waals surface area contributed by atoms with Crippen LogP contribution < -0.4 is 15.4 Å². The number of amidine groups is 1. The molecule has 1 aliphatic carbocycles. The van der Waals surface area contributed by atoms with E-state index >= 15 is 0 Å². The average molecular weight is 535 g/mol. The standard InChI is InChI=1S/C28H30N4O7/c1-24(2,3)39-23(34)31-22-32-27-18-13-16(30-21(33)19-10-8-7-9-17(35-6)14-29-19)11-12-20(18)37-25(4,5)26(27)15-36-28(26,27)38-22/h7-14H,15H2,1-6H3,(H,30,33)(H,31,32,34)/b8-7+,9-7?,10-8?,17-9?,17-14?,19-10-,29-14?,29-19?. The minimum absolute atomic E-state index is 0.0143. The van der Waals surface area contributed by atoms with Crippen molar-refractivity contribution in [2.24, 2.45) is 15.4 Å². The molecule has 204 valence electrons. The summed E-state index contributed by atoms with van der Waals surface area (Å²) in [5.74, 6) is -0.428. The number of ether oxygens (including phenoxy) is 5. The number of amides is 2. The van der Waals surface area contributed by atoms with E-state index in [9.17, 15) is 9.59 Å². The number of fused-ring (bicyclic) bond motifs is 1. The molecule has 2 fully saturated rings. The summed E-state index contributed by atoms with van der Waals surface area (Å²) in [6.45, 7) is 9.63. The van der Waals surface area contributed by atoms with Crippen LogP contribution in [0, 0.1) is 5.41 Å². The van der Waals surface area contributed by atoms with Crippen molar-refractivity contribution in [3.63, 3.8) is 0 Å². The highest BCUT2D eigenvalue weighted by Gasteiger charge is 3.06. The zero-order chi connectivity index (χ0) is 27.8. The molecule has 3 spiro atoms. The van der Waals surface area contributed by atoms with Crippen molar-refractivity contribution in [1.29, 1.82) is 0 Å². The van der Waals surface area contributed by atoms with Gasteiger partial charge in [-0.1, -0.05) is 12.2 Å². The molecule has 11 nitrogen and oxygen atoms in total. The Morgan fingerprint density at radius 2 is 1.85 bits per heavy atom. The molecule has 0 radical (unpaired) electrons. The predicted molar refractivity (Wildman–Crippen MR) is 141 cm³/mol. The highest BCUT2D eigenvalue weighted by Crippen LogP contribution is 2.89. The lowest BCUT2D eigenvalue weighted by Crippen LogP contribution is -2.58. The number of aliphatic imine (C=N–C) groups is 2. The molecule has 3 unspecified atom stereocenters. The summed E-state index contributed by atoms with van der Waals surface area (Å²) >= 11 is 0. The molecular weight excluding hydrogens is 504 g/mol. The third kappa shape index (κ3) is 3.32. The van der Waals surface area contributed by atoms with Crippen LogP contribution in [0.1, 0.15) is 40.2 Å². The summed E-state index contributed by atoms with van der Waals surface area (Å²) in [4.78, 5) is 34.7. The zero-order valence-electron chi connectivity index (χ0n) is 22.6. The number of benzene rings is 1. The largest absolute Gasteiger partial charge is 0.495 e. The normalized spacial score (nSPS) is 32.6. The Hall–Kier alpha value is -4.12. The van der Waals surface area contributed by atoms with Crippen molar-refractivity contribution in [2.75, 3.05) is 19.0 Å². The lowest BCUT2D eigenvalue weighted by atomic mass is 9.77. The van der Waals surface area contributed by atoms with E-state index in [0.29, 0.717) is 29.4 Å². The number of rotatable bonds is 3. The fourth-order valence-corrected chi connectivity index (χ4v) is 6.00. The monoisotopic (exact) mass is 534 g/mol. The molecule has 1 saturated heterocycles. The van der Waals surface area contributed by atoms with Crippen molar-refractivity contribution >= 4 is 29.9 Å². The number of hydrogen-bond donors (Lipinski definition) is 2. The number of allylic oxidation sites excluding steroid dienone is 5. The van der Waals surface area contributed by atoms with Crippen LogP contribution in [0.2, 0.25) is 0 Å². The van der Waals surface area contributed by atoms with Crippen LogP contribution in [0.4, 0.5) is 10.5 Å². The highest BCUT2D eigenvalue weighted by atomic mass is 16.8. The fourth-order valence-electron chi connectivity index (χ4n) is 6.00. The van der Waals surface area contributed by atoms with E-state index in [1.165, 1.54) is 13.3 Å². The van der Waals surface area contributed by atoms with Gasteiger partial charge in [0.2, 0.25) is 0 Å². The van der Waals surface area contributed by atoms with Gasteiger partial charge in [0.25, 0.3) is 17.7 Å². The molecular formula is C28H30N4O7. The molecule has 1 aromatic carbocycles. The summed E-state index contributed by atoms with van der Waals surface area (Å²) in [5, 5.41) is 5.50. The van der Waals surface area contributed by atoms with E-state index in [1.807, 2.05) is 13.8 Å². The summed E-state index contributed by atoms with van der Waals surface area (Å²) in [5.41, 5.74) is -1.54. The molecule has 4 aliphatic heterocycles. The van der Waals surface area contributed by atoms with Gasteiger partial charge in [0.1, 0.15) is 33.8 Å². The summed E-state index contributed by atoms with van der Waals surface area (Å²) in [6, 6.07) is 5.36. The molecule has 1 aromatic rings. The molecule has 6 rings (SSSR count). The molecule has 2 amide bonds. The van der Waals surface area contributed by atoms with Gasteiger partial charge < -0.3 is 29.0 Å². The van der Waals surface area contributed by atoms with Crippen LogP contribution in [0.25, 0.3) is 0 Å². The number of methoxy groups -OCH3 is 1. The Morgan fingerprint density at radius 3 is 2.54 bits per heavy atom. The highest BCUT2D eigenvalue weighted by molar-refractivity contribution is 6.05. The SMILES string of the molecule is COC1=C/C=C/C=C(/C(=O)Nc2ccc3c(c2)C24N=C(NC(=O)OC(C)(C)C)OC25OCC54C(C)(C)O3)N=C1. The van der Waals surface area contributed by atoms with Crippen LogP contribution in [-0.4, -0.2) is 54.9 Å². The van der Waals surface area contributed by atoms with E-state index < -0.39 is 39.9 Å². The maximum absolute atomic E-state index is 13.1. The van der Waals surface area contributed by atoms with Crippen LogP contribution in [0.15, 0.2) is 63.9 Å². The fraction of sp³-hybridized carbons (Fsp3) is 0.429. The second kappa shape index (κ2) is 7.95. The first-order valence-corrected chi connectivity index (χ1v) is 12.6.